The molecule has 1 amide bonds. The van der Waals surface area contributed by atoms with Gasteiger partial charge in [0, 0.05) is 34.4 Å². The molecule has 42 heavy (non-hydrogen) atoms. The van der Waals surface area contributed by atoms with E-state index in [2.05, 4.69) is 50.4 Å². The molecule has 1 N–H and O–H groups in total. The van der Waals surface area contributed by atoms with Crippen LogP contribution in [0.1, 0.15) is 73.0 Å². The van der Waals surface area contributed by atoms with Crippen molar-refractivity contribution in [3.8, 4) is 11.5 Å². The summed E-state index contributed by atoms with van der Waals surface area (Å²) in [6, 6.07) is 19.9. The van der Waals surface area contributed by atoms with Crippen LogP contribution in [0.2, 0.25) is 0 Å². The van der Waals surface area contributed by atoms with E-state index in [9.17, 15) is 4.79 Å². The molecule has 0 bridgehead atoms. The number of hydrogen-bond donors (Lipinski definition) is 1. The van der Waals surface area contributed by atoms with Gasteiger partial charge in [-0.2, -0.15) is 0 Å². The molecule has 5 aromatic rings. The van der Waals surface area contributed by atoms with E-state index in [-0.39, 0.29) is 11.5 Å². The lowest BCUT2D eigenvalue weighted by atomic mass is 9.64. The minimum atomic E-state index is -0.258. The standard InChI is InChI=1S/C36H37N3O3/c1-20-10-14-28-27(16-20)31-33-32(25-8-6-7-9-26(25)34(31)42-36(28,3)4)38-29-15-12-22(18-30(29)39-33)35(40)37-19-23-11-13-24(41-5)17-21(23)2/h6-9,11-13,15,17-18,20,27-28H,10,14,16,19H2,1-5H3,(H,37,40)/t20-,27-,28-/m0/s1. The number of fused-ring (bicyclic) bond motifs is 9. The fourth-order valence-corrected chi connectivity index (χ4v) is 7.31. The number of nitrogens with one attached hydrogen (secondary N) is 1. The molecule has 3 atom stereocenters. The lowest BCUT2D eigenvalue weighted by Gasteiger charge is -2.49. The third-order valence-electron chi connectivity index (χ3n) is 9.58. The van der Waals surface area contributed by atoms with E-state index in [4.69, 9.17) is 19.4 Å². The van der Waals surface area contributed by atoms with Crippen molar-refractivity contribution in [1.29, 1.82) is 0 Å². The second-order valence-corrected chi connectivity index (χ2v) is 12.7. The summed E-state index contributed by atoms with van der Waals surface area (Å²) in [5.74, 6) is 3.04. The number of nitrogens with zero attached hydrogens (tertiary/aromatic N) is 2. The summed E-state index contributed by atoms with van der Waals surface area (Å²) in [6.45, 7) is 9.30. The van der Waals surface area contributed by atoms with Crippen molar-refractivity contribution in [2.45, 2.75) is 65.0 Å². The molecule has 6 heteroatoms. The Balaban J connectivity index is 1.33. The summed E-state index contributed by atoms with van der Waals surface area (Å²) in [6.07, 6.45) is 3.48. The van der Waals surface area contributed by atoms with Crippen LogP contribution in [0.4, 0.5) is 0 Å². The number of hydrogen-bond acceptors (Lipinski definition) is 5. The van der Waals surface area contributed by atoms with Crippen molar-refractivity contribution in [3.05, 3.63) is 82.9 Å². The topological polar surface area (TPSA) is 73.3 Å². The molecular weight excluding hydrogens is 522 g/mol. The van der Waals surface area contributed by atoms with Gasteiger partial charge in [0.25, 0.3) is 5.91 Å². The second kappa shape index (κ2) is 9.97. The zero-order chi connectivity index (χ0) is 29.2. The summed E-state index contributed by atoms with van der Waals surface area (Å²) >= 11 is 0. The number of rotatable bonds is 4. The third kappa shape index (κ3) is 4.36. The molecule has 1 saturated carbocycles. The van der Waals surface area contributed by atoms with Gasteiger partial charge in [-0.05, 0) is 86.9 Å². The van der Waals surface area contributed by atoms with Crippen molar-refractivity contribution >= 4 is 38.7 Å². The first-order valence-electron chi connectivity index (χ1n) is 15.0. The Hall–Kier alpha value is -4.19. The quantitative estimate of drug-likeness (QED) is 0.179. The maximum atomic E-state index is 13.3. The fraction of sp³-hybridized carbons (Fsp3) is 0.361. The highest BCUT2D eigenvalue weighted by molar-refractivity contribution is 6.11. The Morgan fingerprint density at radius 1 is 1.00 bits per heavy atom. The van der Waals surface area contributed by atoms with E-state index < -0.39 is 0 Å². The fourth-order valence-electron chi connectivity index (χ4n) is 7.31. The first kappa shape index (κ1) is 26.7. The van der Waals surface area contributed by atoms with Crippen molar-refractivity contribution in [1.82, 2.24) is 15.3 Å². The number of carbonyl (C=O) groups excluding carboxylic acids is 1. The molecule has 2 heterocycles. The van der Waals surface area contributed by atoms with E-state index in [0.717, 1.165) is 68.3 Å². The number of amides is 1. The van der Waals surface area contributed by atoms with Crippen LogP contribution in [0, 0.1) is 18.8 Å². The van der Waals surface area contributed by atoms with Crippen LogP contribution in [0.3, 0.4) is 0 Å². The molecule has 7 rings (SSSR count). The van der Waals surface area contributed by atoms with Crippen LogP contribution < -0.4 is 14.8 Å². The maximum Gasteiger partial charge on any atom is 0.251 e. The van der Waals surface area contributed by atoms with Gasteiger partial charge < -0.3 is 14.8 Å². The zero-order valence-electron chi connectivity index (χ0n) is 25.0. The average Bonchev–Trinajstić information content (AvgIpc) is 2.98. The number of carbonyl (C=O) groups is 1. The molecule has 2 aliphatic rings. The Bertz CT molecular complexity index is 1880. The lowest BCUT2D eigenvalue weighted by Crippen LogP contribution is -2.46. The number of aromatic nitrogens is 2. The Morgan fingerprint density at radius 3 is 2.57 bits per heavy atom. The van der Waals surface area contributed by atoms with Crippen LogP contribution >= 0.6 is 0 Å². The van der Waals surface area contributed by atoms with Crippen molar-refractivity contribution in [3.63, 3.8) is 0 Å². The number of benzene rings is 4. The van der Waals surface area contributed by atoms with Gasteiger partial charge in [-0.1, -0.05) is 43.7 Å². The molecule has 6 nitrogen and oxygen atoms in total. The predicted molar refractivity (Wildman–Crippen MR) is 167 cm³/mol. The highest BCUT2D eigenvalue weighted by Gasteiger charge is 2.47. The molecular formula is C36H37N3O3. The molecule has 1 aliphatic carbocycles. The van der Waals surface area contributed by atoms with Gasteiger partial charge in [0.1, 0.15) is 17.1 Å². The van der Waals surface area contributed by atoms with Crippen LogP contribution in [0.25, 0.3) is 32.8 Å². The number of ether oxygens (including phenoxy) is 2. The minimum absolute atomic E-state index is 0.138. The molecule has 0 spiro atoms. The van der Waals surface area contributed by atoms with E-state index in [1.807, 2.05) is 43.3 Å². The van der Waals surface area contributed by atoms with E-state index in [1.165, 1.54) is 12.0 Å². The number of aryl methyl sites for hydroxylation is 1. The molecule has 1 aliphatic heterocycles. The smallest absolute Gasteiger partial charge is 0.251 e. The third-order valence-corrected chi connectivity index (χ3v) is 9.58. The van der Waals surface area contributed by atoms with Crippen molar-refractivity contribution in [2.75, 3.05) is 7.11 Å². The Morgan fingerprint density at radius 2 is 1.79 bits per heavy atom. The van der Waals surface area contributed by atoms with Gasteiger partial charge in [0.05, 0.1) is 29.2 Å². The molecule has 4 aromatic carbocycles. The van der Waals surface area contributed by atoms with E-state index in [0.29, 0.717) is 29.9 Å². The van der Waals surface area contributed by atoms with Crippen LogP contribution in [-0.4, -0.2) is 28.6 Å². The molecule has 0 unspecified atom stereocenters. The summed E-state index contributed by atoms with van der Waals surface area (Å²) < 4.78 is 12.2. The van der Waals surface area contributed by atoms with E-state index >= 15 is 0 Å². The van der Waals surface area contributed by atoms with E-state index in [1.54, 1.807) is 7.11 Å². The monoisotopic (exact) mass is 559 g/mol. The normalized spacial score (nSPS) is 21.0. The van der Waals surface area contributed by atoms with Crippen LogP contribution in [0.5, 0.6) is 11.5 Å². The maximum absolute atomic E-state index is 13.3. The van der Waals surface area contributed by atoms with Gasteiger partial charge in [0.2, 0.25) is 0 Å². The first-order valence-corrected chi connectivity index (χ1v) is 15.0. The van der Waals surface area contributed by atoms with Gasteiger partial charge in [-0.25, -0.2) is 9.97 Å². The largest absolute Gasteiger partial charge is 0.497 e. The average molecular weight is 560 g/mol. The molecule has 1 fully saturated rings. The van der Waals surface area contributed by atoms with Gasteiger partial charge in [0.15, 0.2) is 0 Å². The number of methoxy groups -OCH3 is 1. The SMILES string of the molecule is COc1ccc(CNC(=O)c2ccc3nc4c(nc3c2)c2c(c3ccccc34)OC(C)(C)[C@H]3CC[C@H](C)C[C@H]23)c(C)c1. The Kier molecular flexibility index (Phi) is 6.34. The Labute approximate surface area is 246 Å². The van der Waals surface area contributed by atoms with Crippen LogP contribution in [0.15, 0.2) is 60.7 Å². The molecule has 214 valence electrons. The highest BCUT2D eigenvalue weighted by atomic mass is 16.5. The van der Waals surface area contributed by atoms with Crippen molar-refractivity contribution in [2.24, 2.45) is 11.8 Å². The molecule has 0 saturated heterocycles. The summed E-state index contributed by atoms with van der Waals surface area (Å²) in [5, 5.41) is 5.22. The lowest BCUT2D eigenvalue weighted by molar-refractivity contribution is -0.0115. The van der Waals surface area contributed by atoms with Gasteiger partial charge in [-0.15, -0.1) is 0 Å². The first-order chi connectivity index (χ1) is 20.2. The van der Waals surface area contributed by atoms with Gasteiger partial charge >= 0.3 is 0 Å². The molecule has 0 radical (unpaired) electrons. The van der Waals surface area contributed by atoms with Crippen molar-refractivity contribution < 1.29 is 14.3 Å². The second-order valence-electron chi connectivity index (χ2n) is 12.7. The van der Waals surface area contributed by atoms with Crippen LogP contribution in [-0.2, 0) is 6.54 Å². The highest BCUT2D eigenvalue weighted by Crippen LogP contribution is 2.56. The zero-order valence-corrected chi connectivity index (χ0v) is 25.0. The minimum Gasteiger partial charge on any atom is -0.497 e. The summed E-state index contributed by atoms with van der Waals surface area (Å²) in [4.78, 5) is 23.7. The summed E-state index contributed by atoms with van der Waals surface area (Å²) in [7, 11) is 1.65. The summed E-state index contributed by atoms with van der Waals surface area (Å²) in [5.41, 5.74) is 6.94. The molecule has 1 aromatic heterocycles. The van der Waals surface area contributed by atoms with Gasteiger partial charge in [-0.3, -0.25) is 4.79 Å². The predicted octanol–water partition coefficient (Wildman–Crippen LogP) is 7.87.